The lowest BCUT2D eigenvalue weighted by Gasteiger charge is -1.73. The van der Waals surface area contributed by atoms with Crippen LogP contribution in [0.5, 0.6) is 0 Å². The molecule has 0 saturated heterocycles. The normalized spacial score (nSPS) is 10.5. The zero-order chi connectivity index (χ0) is 7.84. The van der Waals surface area contributed by atoms with Gasteiger partial charge in [-0.3, -0.25) is 0 Å². The Balaban J connectivity index is 3.33. The molecule has 11 heavy (non-hydrogen) atoms. The Kier molecular flexibility index (Phi) is 1.40. The summed E-state index contributed by atoms with van der Waals surface area (Å²) in [6, 6.07) is 0. The first-order valence-corrected chi connectivity index (χ1v) is 4.54. The van der Waals surface area contributed by atoms with Crippen molar-refractivity contribution in [3.8, 4) is 0 Å². The van der Waals surface area contributed by atoms with Crippen LogP contribution in [0.2, 0.25) is 0 Å². The Hall–Kier alpha value is -0.940. The first-order chi connectivity index (χ1) is 5.29. The minimum atomic E-state index is -0.521. The number of rotatable bonds is 0. The molecule has 56 valence electrons. The van der Waals surface area contributed by atoms with E-state index in [1.165, 1.54) is 22.7 Å². The highest BCUT2D eigenvalue weighted by molar-refractivity contribution is 7.14. The second-order valence-electron chi connectivity index (χ2n) is 1.84. The average Bonchev–Trinajstić information content (AvgIpc) is 2.30. The van der Waals surface area contributed by atoms with Gasteiger partial charge in [-0.15, -0.1) is 22.7 Å². The summed E-state index contributed by atoms with van der Waals surface area (Å²) < 4.78 is 5.21. The van der Waals surface area contributed by atoms with Crippen LogP contribution in [-0.4, -0.2) is 0 Å². The summed E-state index contributed by atoms with van der Waals surface area (Å²) >= 11 is 2.46. The molecule has 0 spiro atoms. The van der Waals surface area contributed by atoms with Crippen molar-refractivity contribution in [3.05, 3.63) is 40.7 Å². The van der Waals surface area contributed by atoms with Crippen LogP contribution in [0.15, 0.2) is 24.8 Å². The fraction of sp³-hybridized carbons (Fsp3) is 0. The molecule has 3 nitrogen and oxygen atoms in total. The van der Waals surface area contributed by atoms with E-state index < -0.39 is 11.3 Å². The molecule has 0 unspecified atom stereocenters. The van der Waals surface area contributed by atoms with Crippen molar-refractivity contribution in [1.29, 1.82) is 0 Å². The van der Waals surface area contributed by atoms with Gasteiger partial charge in [-0.25, -0.2) is 9.59 Å². The molecule has 0 aromatic rings. The van der Waals surface area contributed by atoms with Crippen molar-refractivity contribution in [3.63, 3.8) is 0 Å². The summed E-state index contributed by atoms with van der Waals surface area (Å²) in [6.45, 7) is 0. The molecule has 0 aromatic carbocycles. The lowest BCUT2D eigenvalue weighted by molar-refractivity contribution is 0.490. The molecule has 2 aliphatic heterocycles. The minimum absolute atomic E-state index is 0.419. The molecule has 0 saturated carbocycles. The molecule has 0 radical (unpaired) electrons. The zero-order valence-electron chi connectivity index (χ0n) is 5.20. The summed E-state index contributed by atoms with van der Waals surface area (Å²) in [5, 5.41) is 3.51. The molecule has 0 bridgehead atoms. The quantitative estimate of drug-likeness (QED) is 0.612. The average molecular weight is 186 g/mol. The SMILES string of the molecule is O=c1oc(=O)c2sccsc1=2. The maximum Gasteiger partial charge on any atom is 0.357 e. The van der Waals surface area contributed by atoms with Crippen LogP contribution in [0.3, 0.4) is 0 Å². The van der Waals surface area contributed by atoms with E-state index in [0.29, 0.717) is 9.06 Å². The zero-order valence-corrected chi connectivity index (χ0v) is 6.83. The third-order valence-electron chi connectivity index (χ3n) is 1.19. The van der Waals surface area contributed by atoms with Crippen molar-refractivity contribution >= 4 is 22.7 Å². The number of hydrogen-bond acceptors (Lipinski definition) is 5. The van der Waals surface area contributed by atoms with Gasteiger partial charge in [-0.05, 0) is 0 Å². The predicted octanol–water partition coefficient (Wildman–Crippen LogP) is 0.848. The van der Waals surface area contributed by atoms with Crippen LogP contribution >= 0.6 is 22.7 Å². The summed E-state index contributed by atoms with van der Waals surface area (Å²) in [5.74, 6) is 0. The molecule has 0 aliphatic carbocycles. The van der Waals surface area contributed by atoms with Crippen molar-refractivity contribution in [2.45, 2.75) is 0 Å². The lowest BCUT2D eigenvalue weighted by Crippen LogP contribution is -1.95. The summed E-state index contributed by atoms with van der Waals surface area (Å²) in [6.07, 6.45) is 0. The highest BCUT2D eigenvalue weighted by Gasteiger charge is 2.02. The number of hydrogen-bond donors (Lipinski definition) is 0. The monoisotopic (exact) mass is 186 g/mol. The molecule has 0 amide bonds. The van der Waals surface area contributed by atoms with Gasteiger partial charge in [0.15, 0.2) is 0 Å². The van der Waals surface area contributed by atoms with Crippen LogP contribution in [0.1, 0.15) is 0 Å². The third-order valence-corrected chi connectivity index (χ3v) is 3.25. The van der Waals surface area contributed by atoms with E-state index in [9.17, 15) is 9.59 Å². The predicted molar refractivity (Wildman–Crippen MR) is 42.3 cm³/mol. The van der Waals surface area contributed by atoms with Gasteiger partial charge < -0.3 is 4.42 Å². The van der Waals surface area contributed by atoms with Crippen molar-refractivity contribution < 1.29 is 4.42 Å². The van der Waals surface area contributed by atoms with E-state index >= 15 is 0 Å². The van der Waals surface area contributed by atoms with Gasteiger partial charge in [0, 0.05) is 10.8 Å². The van der Waals surface area contributed by atoms with Crippen molar-refractivity contribution in [2.75, 3.05) is 0 Å². The fourth-order valence-electron chi connectivity index (χ4n) is 0.757. The third kappa shape index (κ3) is 0.928. The second-order valence-corrected chi connectivity index (χ2v) is 3.68. The highest BCUT2D eigenvalue weighted by atomic mass is 32.1. The Morgan fingerprint density at radius 2 is 1.45 bits per heavy atom. The van der Waals surface area contributed by atoms with Gasteiger partial charge in [-0.2, -0.15) is 0 Å². The summed E-state index contributed by atoms with van der Waals surface area (Å²) in [4.78, 5) is 21.7. The smallest absolute Gasteiger partial charge is 0.357 e. The van der Waals surface area contributed by atoms with E-state index in [-0.39, 0.29) is 0 Å². The molecule has 2 rings (SSSR count). The second kappa shape index (κ2) is 2.28. The summed E-state index contributed by atoms with van der Waals surface area (Å²) in [7, 11) is 0. The highest BCUT2D eigenvalue weighted by Crippen LogP contribution is 2.03. The van der Waals surface area contributed by atoms with Crippen LogP contribution in [0.4, 0.5) is 0 Å². The first-order valence-electron chi connectivity index (χ1n) is 2.78. The topological polar surface area (TPSA) is 47.3 Å². The fourth-order valence-corrected chi connectivity index (χ4v) is 2.42. The molecule has 0 aromatic heterocycles. The van der Waals surface area contributed by atoms with E-state index in [4.69, 9.17) is 0 Å². The van der Waals surface area contributed by atoms with Crippen LogP contribution in [0.25, 0.3) is 0 Å². The van der Waals surface area contributed by atoms with E-state index in [2.05, 4.69) is 4.42 Å². The molecular weight excluding hydrogens is 184 g/mol. The Labute approximate surface area is 68.2 Å². The van der Waals surface area contributed by atoms with E-state index in [1.54, 1.807) is 10.8 Å². The Morgan fingerprint density at radius 1 is 1.00 bits per heavy atom. The molecular formula is C6H2O3S2. The minimum Gasteiger partial charge on any atom is -0.384 e. The maximum atomic E-state index is 10.8. The van der Waals surface area contributed by atoms with Crippen molar-refractivity contribution in [2.24, 2.45) is 0 Å². The molecule has 0 atom stereocenters. The first kappa shape index (κ1) is 6.75. The van der Waals surface area contributed by atoms with Crippen LogP contribution in [0, 0.1) is 9.06 Å². The van der Waals surface area contributed by atoms with Crippen molar-refractivity contribution in [1.82, 2.24) is 0 Å². The van der Waals surface area contributed by atoms with Crippen LogP contribution in [-0.2, 0) is 0 Å². The maximum absolute atomic E-state index is 10.8. The molecule has 2 heterocycles. The van der Waals surface area contributed by atoms with Gasteiger partial charge in [-0.1, -0.05) is 0 Å². The molecule has 2 aliphatic rings. The Bertz CT molecular complexity index is 485. The van der Waals surface area contributed by atoms with Gasteiger partial charge in [0.05, 0.1) is 0 Å². The van der Waals surface area contributed by atoms with E-state index in [0.717, 1.165) is 0 Å². The van der Waals surface area contributed by atoms with Gasteiger partial charge in [0.2, 0.25) is 0 Å². The molecule has 0 fully saturated rings. The molecule has 5 heteroatoms. The lowest BCUT2D eigenvalue weighted by atomic mass is 10.7. The summed E-state index contributed by atoms with van der Waals surface area (Å²) in [5.41, 5.74) is -1.04. The largest absolute Gasteiger partial charge is 0.384 e. The standard InChI is InChI=1S/C6H2O3S2/c7-5-3-4(6(8)9-5)11-2-1-10-3/h1-2H. The van der Waals surface area contributed by atoms with E-state index in [1.807, 2.05) is 0 Å². The van der Waals surface area contributed by atoms with Crippen LogP contribution < -0.4 is 11.3 Å². The van der Waals surface area contributed by atoms with Gasteiger partial charge in [0.1, 0.15) is 9.06 Å². The molecule has 0 N–H and O–H groups in total. The Morgan fingerprint density at radius 3 is 1.91 bits per heavy atom. The van der Waals surface area contributed by atoms with Gasteiger partial charge in [0.25, 0.3) is 0 Å². The van der Waals surface area contributed by atoms with Gasteiger partial charge >= 0.3 is 11.3 Å².